The molecular weight excluding hydrogens is 478 g/mol. The number of nitrogens with two attached hydrogens (primary N) is 1. The third-order valence-corrected chi connectivity index (χ3v) is 9.20. The maximum atomic E-state index is 13.6. The summed E-state index contributed by atoms with van der Waals surface area (Å²) >= 11 is 1.17. The first-order valence-electron chi connectivity index (χ1n) is 11.6. The van der Waals surface area contributed by atoms with Gasteiger partial charge in [-0.15, -0.1) is 11.3 Å². The molecule has 1 aliphatic heterocycles. The van der Waals surface area contributed by atoms with Gasteiger partial charge in [-0.3, -0.25) is 19.1 Å². The highest BCUT2D eigenvalue weighted by atomic mass is 32.2. The molecule has 0 atom stereocenters. The number of nitrogen functional groups attached to an aromatic ring is 1. The Morgan fingerprint density at radius 1 is 1.29 bits per heavy atom. The summed E-state index contributed by atoms with van der Waals surface area (Å²) < 4.78 is 28.6. The van der Waals surface area contributed by atoms with Crippen molar-refractivity contribution >= 4 is 38.8 Å². The molecule has 1 amide bonds. The number of carbonyl (C=O) groups excluding carboxylic acids is 1. The number of nitrogens with one attached hydrogen (secondary N) is 1. The van der Waals surface area contributed by atoms with Crippen LogP contribution in [0.3, 0.4) is 0 Å². The molecule has 0 unspecified atom stereocenters. The number of thiophene rings is 1. The van der Waals surface area contributed by atoms with Gasteiger partial charge in [-0.05, 0) is 36.6 Å². The Labute approximate surface area is 203 Å². The molecule has 0 radical (unpaired) electrons. The number of rotatable bonds is 9. The van der Waals surface area contributed by atoms with Gasteiger partial charge in [-0.2, -0.15) is 4.31 Å². The van der Waals surface area contributed by atoms with E-state index in [1.54, 1.807) is 17.5 Å². The SMILES string of the molecule is CCCCN(C(=O)C1CCN(S(=O)(=O)c2cccs2)CC1)c1c(N)n(CC(C)C)c(=O)[nH]c1=O. The van der Waals surface area contributed by atoms with E-state index in [4.69, 9.17) is 5.73 Å². The van der Waals surface area contributed by atoms with Gasteiger partial charge in [0.25, 0.3) is 15.6 Å². The average molecular weight is 512 g/mol. The second kappa shape index (κ2) is 10.9. The molecule has 0 aromatic carbocycles. The first-order valence-corrected chi connectivity index (χ1v) is 13.9. The number of piperidine rings is 1. The molecule has 0 saturated carbocycles. The van der Waals surface area contributed by atoms with Crippen molar-refractivity contribution in [1.82, 2.24) is 13.9 Å². The summed E-state index contributed by atoms with van der Waals surface area (Å²) in [5.74, 6) is -0.637. The third-order valence-electron chi connectivity index (χ3n) is 5.93. The van der Waals surface area contributed by atoms with Gasteiger partial charge in [0.15, 0.2) is 5.69 Å². The quantitative estimate of drug-likeness (QED) is 0.528. The van der Waals surface area contributed by atoms with E-state index >= 15 is 0 Å². The van der Waals surface area contributed by atoms with Crippen molar-refractivity contribution in [1.29, 1.82) is 0 Å². The molecule has 1 aliphatic rings. The molecule has 2 aromatic rings. The van der Waals surface area contributed by atoms with Crippen LogP contribution < -0.4 is 21.9 Å². The number of hydrogen-bond acceptors (Lipinski definition) is 7. The molecule has 0 aliphatic carbocycles. The highest BCUT2D eigenvalue weighted by molar-refractivity contribution is 7.91. The van der Waals surface area contributed by atoms with Crippen molar-refractivity contribution in [2.45, 2.75) is 57.2 Å². The van der Waals surface area contributed by atoms with Gasteiger partial charge >= 0.3 is 5.69 Å². The number of sulfonamides is 1. The summed E-state index contributed by atoms with van der Waals surface area (Å²) in [6.07, 6.45) is 2.13. The number of anilines is 2. The Bertz CT molecular complexity index is 1210. The predicted molar refractivity (Wildman–Crippen MR) is 134 cm³/mol. The maximum absolute atomic E-state index is 13.6. The Morgan fingerprint density at radius 2 is 1.97 bits per heavy atom. The topological polar surface area (TPSA) is 139 Å². The number of aromatic amines is 1. The van der Waals surface area contributed by atoms with E-state index < -0.39 is 27.2 Å². The summed E-state index contributed by atoms with van der Waals surface area (Å²) in [5, 5.41) is 1.72. The first kappa shape index (κ1) is 26.2. The summed E-state index contributed by atoms with van der Waals surface area (Å²) in [7, 11) is -3.58. The van der Waals surface area contributed by atoms with E-state index in [1.807, 2.05) is 20.8 Å². The van der Waals surface area contributed by atoms with E-state index in [0.717, 1.165) is 6.42 Å². The maximum Gasteiger partial charge on any atom is 0.330 e. The Balaban J connectivity index is 1.87. The van der Waals surface area contributed by atoms with E-state index in [2.05, 4.69) is 4.98 Å². The van der Waals surface area contributed by atoms with Crippen molar-refractivity contribution in [3.05, 3.63) is 38.4 Å². The fraction of sp³-hybridized carbons (Fsp3) is 0.591. The monoisotopic (exact) mass is 511 g/mol. The van der Waals surface area contributed by atoms with Gasteiger partial charge in [0.2, 0.25) is 5.91 Å². The number of amides is 1. The molecule has 3 heterocycles. The van der Waals surface area contributed by atoms with E-state index in [9.17, 15) is 22.8 Å². The molecule has 1 saturated heterocycles. The highest BCUT2D eigenvalue weighted by Crippen LogP contribution is 2.29. The largest absolute Gasteiger partial charge is 0.383 e. The van der Waals surface area contributed by atoms with Crippen LogP contribution in [0.15, 0.2) is 31.3 Å². The minimum Gasteiger partial charge on any atom is -0.383 e. The zero-order valence-electron chi connectivity index (χ0n) is 19.8. The van der Waals surface area contributed by atoms with Crippen molar-refractivity contribution < 1.29 is 13.2 Å². The van der Waals surface area contributed by atoms with E-state index in [1.165, 1.54) is 25.1 Å². The smallest absolute Gasteiger partial charge is 0.330 e. The van der Waals surface area contributed by atoms with Crippen molar-refractivity contribution in [2.75, 3.05) is 30.3 Å². The second-order valence-electron chi connectivity index (χ2n) is 8.95. The Morgan fingerprint density at radius 3 is 2.53 bits per heavy atom. The second-order valence-corrected chi connectivity index (χ2v) is 12.1. The minimum absolute atomic E-state index is 0.00710. The number of unbranched alkanes of at least 4 members (excludes halogenated alkanes) is 1. The van der Waals surface area contributed by atoms with E-state index in [0.29, 0.717) is 25.8 Å². The zero-order valence-corrected chi connectivity index (χ0v) is 21.5. The molecule has 34 heavy (non-hydrogen) atoms. The van der Waals surface area contributed by atoms with Gasteiger partial charge < -0.3 is 10.6 Å². The van der Waals surface area contributed by atoms with Crippen LogP contribution in [0.5, 0.6) is 0 Å². The van der Waals surface area contributed by atoms with Crippen LogP contribution in [-0.2, 0) is 21.4 Å². The van der Waals surface area contributed by atoms with Crippen molar-refractivity contribution in [3.63, 3.8) is 0 Å². The molecule has 188 valence electrons. The van der Waals surface area contributed by atoms with Crippen LogP contribution in [0.25, 0.3) is 0 Å². The van der Waals surface area contributed by atoms with Gasteiger partial charge in [0.05, 0.1) is 0 Å². The molecule has 3 rings (SSSR count). The average Bonchev–Trinajstić information content (AvgIpc) is 3.34. The van der Waals surface area contributed by atoms with Gasteiger partial charge in [0, 0.05) is 32.1 Å². The lowest BCUT2D eigenvalue weighted by Crippen LogP contribution is -2.47. The third kappa shape index (κ3) is 5.44. The number of carbonyl (C=O) groups is 1. The van der Waals surface area contributed by atoms with Crippen LogP contribution in [0.2, 0.25) is 0 Å². The fourth-order valence-electron chi connectivity index (χ4n) is 4.13. The Kier molecular flexibility index (Phi) is 8.37. The fourth-order valence-corrected chi connectivity index (χ4v) is 6.75. The number of nitrogens with zero attached hydrogens (tertiary/aromatic N) is 3. The summed E-state index contributed by atoms with van der Waals surface area (Å²) in [5.41, 5.74) is 4.97. The molecule has 3 N–H and O–H groups in total. The predicted octanol–water partition coefficient (Wildman–Crippen LogP) is 2.07. The molecule has 2 aromatic heterocycles. The van der Waals surface area contributed by atoms with Gasteiger partial charge in [-0.25, -0.2) is 13.2 Å². The lowest BCUT2D eigenvalue weighted by molar-refractivity contribution is -0.123. The summed E-state index contributed by atoms with van der Waals surface area (Å²) in [6, 6.07) is 3.27. The lowest BCUT2D eigenvalue weighted by Gasteiger charge is -2.33. The summed E-state index contributed by atoms with van der Waals surface area (Å²) in [6.45, 7) is 6.86. The molecule has 10 nitrogen and oxygen atoms in total. The Hall–Kier alpha value is -2.44. The zero-order chi connectivity index (χ0) is 25.0. The van der Waals surface area contributed by atoms with Crippen molar-refractivity contribution in [2.24, 2.45) is 11.8 Å². The first-order chi connectivity index (χ1) is 16.1. The normalized spacial score (nSPS) is 15.6. The van der Waals surface area contributed by atoms with Crippen LogP contribution in [-0.4, -0.2) is 47.8 Å². The summed E-state index contributed by atoms with van der Waals surface area (Å²) in [4.78, 5) is 42.4. The number of aromatic nitrogens is 2. The van der Waals surface area contributed by atoms with Crippen LogP contribution >= 0.6 is 11.3 Å². The van der Waals surface area contributed by atoms with Crippen LogP contribution in [0.1, 0.15) is 46.5 Å². The van der Waals surface area contributed by atoms with Gasteiger partial charge in [-0.1, -0.05) is 33.3 Å². The number of H-pyrrole nitrogens is 1. The van der Waals surface area contributed by atoms with Crippen LogP contribution in [0.4, 0.5) is 11.5 Å². The van der Waals surface area contributed by atoms with Crippen molar-refractivity contribution in [3.8, 4) is 0 Å². The van der Waals surface area contributed by atoms with Gasteiger partial charge in [0.1, 0.15) is 10.0 Å². The molecule has 1 fully saturated rings. The standard InChI is InChI=1S/C22H33N5O5S2/c1-4-5-10-26(18-19(23)27(14-15(2)3)22(30)24-20(18)28)21(29)16-8-11-25(12-9-16)34(31,32)17-7-6-13-33-17/h6-7,13,15-16H,4-5,8-12,14,23H2,1-3H3,(H,24,28,30). The molecule has 12 heteroatoms. The molecular formula is C22H33N5O5S2. The lowest BCUT2D eigenvalue weighted by atomic mass is 9.96. The minimum atomic E-state index is -3.58. The number of hydrogen-bond donors (Lipinski definition) is 2. The van der Waals surface area contributed by atoms with E-state index in [-0.39, 0.29) is 47.2 Å². The molecule has 0 spiro atoms. The highest BCUT2D eigenvalue weighted by Gasteiger charge is 2.36. The van der Waals surface area contributed by atoms with Crippen LogP contribution in [0, 0.1) is 11.8 Å². The molecule has 0 bridgehead atoms.